The fraction of sp³-hybridized carbons (Fsp3) is 0.0714. The molecule has 1 heterocycles. The van der Waals surface area contributed by atoms with Crippen LogP contribution in [0.25, 0.3) is 0 Å². The van der Waals surface area contributed by atoms with Gasteiger partial charge in [0.15, 0.2) is 5.11 Å². The van der Waals surface area contributed by atoms with Gasteiger partial charge in [0.1, 0.15) is 5.82 Å². The Morgan fingerprint density at radius 2 is 1.90 bits per heavy atom. The molecule has 2 rings (SSSR count). The molecule has 0 bridgehead atoms. The van der Waals surface area contributed by atoms with Gasteiger partial charge in [-0.1, -0.05) is 11.6 Å². The lowest BCUT2D eigenvalue weighted by Gasteiger charge is -2.10. The van der Waals surface area contributed by atoms with Crippen molar-refractivity contribution in [2.24, 2.45) is 0 Å². The van der Waals surface area contributed by atoms with Crippen LogP contribution in [0.4, 0.5) is 5.82 Å². The SMILES string of the molecule is Cc1nc(NC(=S)NC(=O)c2ccc(Cl)cc2)ccc1I. The highest BCUT2D eigenvalue weighted by molar-refractivity contribution is 14.1. The number of halogens is 2. The van der Waals surface area contributed by atoms with Crippen LogP contribution in [-0.4, -0.2) is 16.0 Å². The van der Waals surface area contributed by atoms with Crippen LogP contribution in [0.2, 0.25) is 5.02 Å². The fourth-order valence-corrected chi connectivity index (χ4v) is 2.16. The Balaban J connectivity index is 1.99. The lowest BCUT2D eigenvalue weighted by Crippen LogP contribution is -2.34. The van der Waals surface area contributed by atoms with Crippen LogP contribution in [0, 0.1) is 10.5 Å². The molecule has 0 aliphatic heterocycles. The number of hydrogen-bond donors (Lipinski definition) is 2. The van der Waals surface area contributed by atoms with E-state index in [0.29, 0.717) is 16.4 Å². The molecule has 108 valence electrons. The van der Waals surface area contributed by atoms with Crippen LogP contribution in [0.3, 0.4) is 0 Å². The molecule has 0 aliphatic rings. The molecule has 1 amide bonds. The lowest BCUT2D eigenvalue weighted by molar-refractivity contribution is 0.0978. The third-order valence-electron chi connectivity index (χ3n) is 2.60. The van der Waals surface area contributed by atoms with Crippen LogP contribution in [0.1, 0.15) is 16.1 Å². The first kappa shape index (κ1) is 16.1. The summed E-state index contributed by atoms with van der Waals surface area (Å²) in [4.78, 5) is 16.3. The highest BCUT2D eigenvalue weighted by Gasteiger charge is 2.08. The zero-order valence-corrected chi connectivity index (χ0v) is 14.7. The number of benzene rings is 1. The molecular weight excluding hydrogens is 421 g/mol. The number of anilines is 1. The summed E-state index contributed by atoms with van der Waals surface area (Å²) in [6, 6.07) is 10.3. The average Bonchev–Trinajstić information content (AvgIpc) is 2.43. The summed E-state index contributed by atoms with van der Waals surface area (Å²) in [5.41, 5.74) is 1.38. The van der Waals surface area contributed by atoms with E-state index in [0.717, 1.165) is 9.26 Å². The molecule has 0 saturated carbocycles. The van der Waals surface area contributed by atoms with Gasteiger partial charge in [-0.05, 0) is 78.1 Å². The van der Waals surface area contributed by atoms with E-state index in [1.807, 2.05) is 13.0 Å². The molecule has 0 radical (unpaired) electrons. The van der Waals surface area contributed by atoms with Crippen LogP contribution < -0.4 is 10.6 Å². The summed E-state index contributed by atoms with van der Waals surface area (Å²) in [5.74, 6) is 0.292. The van der Waals surface area contributed by atoms with E-state index >= 15 is 0 Å². The van der Waals surface area contributed by atoms with Gasteiger partial charge in [0.2, 0.25) is 0 Å². The number of hydrogen-bond acceptors (Lipinski definition) is 3. The Kier molecular flexibility index (Phi) is 5.49. The summed E-state index contributed by atoms with van der Waals surface area (Å²) in [7, 11) is 0. The van der Waals surface area contributed by atoms with Crippen LogP contribution >= 0.6 is 46.4 Å². The van der Waals surface area contributed by atoms with Crippen molar-refractivity contribution in [3.8, 4) is 0 Å². The number of thiocarbonyl (C=S) groups is 1. The summed E-state index contributed by atoms with van der Waals surface area (Å²) >= 11 is 13.1. The molecule has 1 aromatic carbocycles. The summed E-state index contributed by atoms with van der Waals surface area (Å²) in [6.07, 6.45) is 0. The van der Waals surface area contributed by atoms with Crippen molar-refractivity contribution in [2.75, 3.05) is 5.32 Å². The van der Waals surface area contributed by atoms with E-state index in [-0.39, 0.29) is 11.0 Å². The van der Waals surface area contributed by atoms with Gasteiger partial charge in [-0.15, -0.1) is 0 Å². The Morgan fingerprint density at radius 3 is 2.52 bits per heavy atom. The van der Waals surface area contributed by atoms with Crippen LogP contribution in [-0.2, 0) is 0 Å². The summed E-state index contributed by atoms with van der Waals surface area (Å²) < 4.78 is 1.06. The monoisotopic (exact) mass is 431 g/mol. The number of aryl methyl sites for hydroxylation is 1. The number of amides is 1. The minimum atomic E-state index is -0.300. The minimum Gasteiger partial charge on any atom is -0.317 e. The summed E-state index contributed by atoms with van der Waals surface area (Å²) in [5, 5.41) is 6.25. The quantitative estimate of drug-likeness (QED) is 0.561. The first-order valence-electron chi connectivity index (χ1n) is 5.97. The standard InChI is InChI=1S/C14H11ClIN3OS/c1-8-11(16)6-7-12(17-8)18-14(21)19-13(20)9-2-4-10(15)5-3-9/h2-7H,1H3,(H2,17,18,19,20,21). The van der Waals surface area contributed by atoms with Gasteiger partial charge < -0.3 is 5.32 Å². The van der Waals surface area contributed by atoms with E-state index in [1.54, 1.807) is 30.3 Å². The van der Waals surface area contributed by atoms with Crippen molar-refractivity contribution in [3.05, 3.63) is 56.2 Å². The molecule has 0 spiro atoms. The van der Waals surface area contributed by atoms with Crippen molar-refractivity contribution in [1.82, 2.24) is 10.3 Å². The van der Waals surface area contributed by atoms with Gasteiger partial charge in [0.25, 0.3) is 5.91 Å². The minimum absolute atomic E-state index is 0.197. The lowest BCUT2D eigenvalue weighted by atomic mass is 10.2. The van der Waals surface area contributed by atoms with E-state index in [2.05, 4.69) is 38.2 Å². The maximum atomic E-state index is 12.0. The Bertz CT molecular complexity index is 691. The summed E-state index contributed by atoms with van der Waals surface area (Å²) in [6.45, 7) is 1.91. The normalized spacial score (nSPS) is 10.0. The first-order chi connectivity index (χ1) is 9.95. The predicted molar refractivity (Wildman–Crippen MR) is 96.8 cm³/mol. The van der Waals surface area contributed by atoms with Gasteiger partial charge in [-0.3, -0.25) is 10.1 Å². The molecule has 2 N–H and O–H groups in total. The second kappa shape index (κ2) is 7.15. The van der Waals surface area contributed by atoms with E-state index < -0.39 is 0 Å². The number of nitrogens with zero attached hydrogens (tertiary/aromatic N) is 1. The Morgan fingerprint density at radius 1 is 1.24 bits per heavy atom. The number of nitrogens with one attached hydrogen (secondary N) is 2. The van der Waals surface area contributed by atoms with Gasteiger partial charge in [-0.2, -0.15) is 0 Å². The van der Waals surface area contributed by atoms with Gasteiger partial charge >= 0.3 is 0 Å². The second-order valence-electron chi connectivity index (χ2n) is 4.18. The van der Waals surface area contributed by atoms with Gasteiger partial charge in [0, 0.05) is 14.2 Å². The number of rotatable bonds is 2. The maximum Gasteiger partial charge on any atom is 0.257 e. The Labute approximate surface area is 146 Å². The maximum absolute atomic E-state index is 12.0. The van der Waals surface area contributed by atoms with E-state index in [1.165, 1.54) is 0 Å². The second-order valence-corrected chi connectivity index (χ2v) is 6.19. The molecule has 21 heavy (non-hydrogen) atoms. The molecule has 0 saturated heterocycles. The zero-order valence-electron chi connectivity index (χ0n) is 11.0. The van der Waals surface area contributed by atoms with Crippen LogP contribution in [0.5, 0.6) is 0 Å². The molecule has 7 heteroatoms. The largest absolute Gasteiger partial charge is 0.317 e. The average molecular weight is 432 g/mol. The third kappa shape index (κ3) is 4.62. The zero-order chi connectivity index (χ0) is 15.4. The van der Waals surface area contributed by atoms with Crippen molar-refractivity contribution in [2.45, 2.75) is 6.92 Å². The van der Waals surface area contributed by atoms with E-state index in [9.17, 15) is 4.79 Å². The molecular formula is C14H11ClIN3OS. The third-order valence-corrected chi connectivity index (χ3v) is 4.19. The van der Waals surface area contributed by atoms with Crippen molar-refractivity contribution >= 4 is 63.2 Å². The number of carbonyl (C=O) groups is 1. The number of pyridine rings is 1. The van der Waals surface area contributed by atoms with Crippen molar-refractivity contribution in [1.29, 1.82) is 0 Å². The molecule has 1 aromatic heterocycles. The highest BCUT2D eigenvalue weighted by Crippen LogP contribution is 2.12. The number of carbonyl (C=O) groups excluding carboxylic acids is 1. The van der Waals surface area contributed by atoms with Gasteiger partial charge in [-0.25, -0.2) is 4.98 Å². The smallest absolute Gasteiger partial charge is 0.257 e. The van der Waals surface area contributed by atoms with Crippen molar-refractivity contribution in [3.63, 3.8) is 0 Å². The van der Waals surface area contributed by atoms with Crippen LogP contribution in [0.15, 0.2) is 36.4 Å². The highest BCUT2D eigenvalue weighted by atomic mass is 127. The fourth-order valence-electron chi connectivity index (χ4n) is 1.54. The van der Waals surface area contributed by atoms with E-state index in [4.69, 9.17) is 23.8 Å². The molecule has 0 fully saturated rings. The first-order valence-corrected chi connectivity index (χ1v) is 7.83. The molecule has 4 nitrogen and oxygen atoms in total. The van der Waals surface area contributed by atoms with Crippen molar-refractivity contribution < 1.29 is 4.79 Å². The number of aromatic nitrogens is 1. The molecule has 0 unspecified atom stereocenters. The van der Waals surface area contributed by atoms with Gasteiger partial charge in [0.05, 0.1) is 5.69 Å². The predicted octanol–water partition coefficient (Wildman–Crippen LogP) is 3.77. The molecule has 2 aromatic rings. The molecule has 0 aliphatic carbocycles. The topological polar surface area (TPSA) is 54.0 Å². The molecule has 0 atom stereocenters. The Hall–Kier alpha value is -1.25.